The number of rotatable bonds is 4. The molecule has 0 unspecified atom stereocenters. The maximum absolute atomic E-state index is 5.47. The molecule has 1 aliphatic carbocycles. The molecule has 0 aromatic carbocycles. The molecule has 1 aromatic heterocycles. The van der Waals surface area contributed by atoms with Crippen molar-refractivity contribution in [2.45, 2.75) is 44.9 Å². The number of hydrogen-bond acceptors (Lipinski definition) is 3. The van der Waals surface area contributed by atoms with Gasteiger partial charge in [-0.1, -0.05) is 37.3 Å². The largest absolute Gasteiger partial charge is 0.361 e. The van der Waals surface area contributed by atoms with E-state index in [1.54, 1.807) is 0 Å². The molecule has 2 N–H and O–H groups in total. The van der Waals surface area contributed by atoms with E-state index in [0.29, 0.717) is 6.54 Å². The van der Waals surface area contributed by atoms with Gasteiger partial charge in [-0.3, -0.25) is 0 Å². The Morgan fingerprint density at radius 3 is 2.87 bits per heavy atom. The molecule has 1 fully saturated rings. The molecule has 1 saturated carbocycles. The molecule has 3 heteroatoms. The van der Waals surface area contributed by atoms with Crippen LogP contribution in [0.3, 0.4) is 0 Å². The zero-order chi connectivity index (χ0) is 10.5. The fourth-order valence-electron chi connectivity index (χ4n) is 2.40. The van der Waals surface area contributed by atoms with Gasteiger partial charge in [-0.05, 0) is 18.9 Å². The van der Waals surface area contributed by atoms with Gasteiger partial charge in [0.25, 0.3) is 0 Å². The number of nitrogens with zero attached hydrogens (tertiary/aromatic N) is 1. The summed E-state index contributed by atoms with van der Waals surface area (Å²) in [5, 5.41) is 4.10. The summed E-state index contributed by atoms with van der Waals surface area (Å²) in [6.45, 7) is 0.637. The SMILES string of the molecule is NCCc1cc(CC2CCCCC2)no1. The Bertz CT molecular complexity index is 290. The van der Waals surface area contributed by atoms with Gasteiger partial charge < -0.3 is 10.3 Å². The van der Waals surface area contributed by atoms with Crippen molar-refractivity contribution in [3.05, 3.63) is 17.5 Å². The molecule has 1 aliphatic rings. The van der Waals surface area contributed by atoms with Crippen LogP contribution in [0.15, 0.2) is 10.6 Å². The van der Waals surface area contributed by atoms with Crippen molar-refractivity contribution in [2.24, 2.45) is 11.7 Å². The van der Waals surface area contributed by atoms with Crippen molar-refractivity contribution in [3.63, 3.8) is 0 Å². The fraction of sp³-hybridized carbons (Fsp3) is 0.750. The lowest BCUT2D eigenvalue weighted by atomic mass is 9.86. The highest BCUT2D eigenvalue weighted by molar-refractivity contribution is 5.06. The summed E-state index contributed by atoms with van der Waals surface area (Å²) in [7, 11) is 0. The standard InChI is InChI=1S/C12H20N2O/c13-7-6-12-9-11(14-15-12)8-10-4-2-1-3-5-10/h9-10H,1-8,13H2. The normalized spacial score (nSPS) is 18.2. The third-order valence-electron chi connectivity index (χ3n) is 3.22. The Kier molecular flexibility index (Phi) is 3.78. The molecule has 3 nitrogen and oxygen atoms in total. The molecule has 2 rings (SSSR count). The van der Waals surface area contributed by atoms with Crippen molar-refractivity contribution in [2.75, 3.05) is 6.54 Å². The van der Waals surface area contributed by atoms with Crippen LogP contribution < -0.4 is 5.73 Å². The highest BCUT2D eigenvalue weighted by atomic mass is 16.5. The predicted octanol–water partition coefficient (Wildman–Crippen LogP) is 2.30. The molecule has 0 radical (unpaired) electrons. The first-order chi connectivity index (χ1) is 7.38. The van der Waals surface area contributed by atoms with Gasteiger partial charge in [-0.15, -0.1) is 0 Å². The second-order valence-electron chi connectivity index (χ2n) is 4.53. The lowest BCUT2D eigenvalue weighted by Crippen LogP contribution is -2.09. The highest BCUT2D eigenvalue weighted by Gasteiger charge is 2.15. The van der Waals surface area contributed by atoms with Gasteiger partial charge in [0, 0.05) is 12.5 Å². The van der Waals surface area contributed by atoms with E-state index in [-0.39, 0.29) is 0 Å². The zero-order valence-electron chi connectivity index (χ0n) is 9.24. The Labute approximate surface area is 91.0 Å². The summed E-state index contributed by atoms with van der Waals surface area (Å²) in [5.41, 5.74) is 6.58. The van der Waals surface area contributed by atoms with Crippen LogP contribution in [0.2, 0.25) is 0 Å². The molecule has 15 heavy (non-hydrogen) atoms. The Hall–Kier alpha value is -0.830. The minimum absolute atomic E-state index is 0.637. The summed E-state index contributed by atoms with van der Waals surface area (Å²) in [4.78, 5) is 0. The smallest absolute Gasteiger partial charge is 0.138 e. The van der Waals surface area contributed by atoms with E-state index in [4.69, 9.17) is 10.3 Å². The van der Waals surface area contributed by atoms with E-state index in [0.717, 1.165) is 30.2 Å². The number of nitrogens with two attached hydrogens (primary N) is 1. The fourth-order valence-corrected chi connectivity index (χ4v) is 2.40. The third-order valence-corrected chi connectivity index (χ3v) is 3.22. The van der Waals surface area contributed by atoms with E-state index in [2.05, 4.69) is 11.2 Å². The monoisotopic (exact) mass is 208 g/mol. The first-order valence-electron chi connectivity index (χ1n) is 6.03. The van der Waals surface area contributed by atoms with Gasteiger partial charge in [0.05, 0.1) is 5.69 Å². The van der Waals surface area contributed by atoms with Gasteiger partial charge in [0.2, 0.25) is 0 Å². The first kappa shape index (κ1) is 10.7. The van der Waals surface area contributed by atoms with E-state index in [9.17, 15) is 0 Å². The molecule has 84 valence electrons. The third kappa shape index (κ3) is 3.06. The van der Waals surface area contributed by atoms with Crippen molar-refractivity contribution in [3.8, 4) is 0 Å². The maximum Gasteiger partial charge on any atom is 0.138 e. The van der Waals surface area contributed by atoms with Crippen LogP contribution in [-0.2, 0) is 12.8 Å². The molecule has 0 bridgehead atoms. The van der Waals surface area contributed by atoms with Crippen molar-refractivity contribution >= 4 is 0 Å². The maximum atomic E-state index is 5.47. The minimum atomic E-state index is 0.637. The average molecular weight is 208 g/mol. The molecule has 0 amide bonds. The van der Waals surface area contributed by atoms with Gasteiger partial charge in [-0.2, -0.15) is 0 Å². The summed E-state index contributed by atoms with van der Waals surface area (Å²) in [5.74, 6) is 1.76. The first-order valence-corrected chi connectivity index (χ1v) is 6.03. The summed E-state index contributed by atoms with van der Waals surface area (Å²) >= 11 is 0. The van der Waals surface area contributed by atoms with Crippen LogP contribution in [0.5, 0.6) is 0 Å². The highest BCUT2D eigenvalue weighted by Crippen LogP contribution is 2.26. The molecule has 0 saturated heterocycles. The van der Waals surface area contributed by atoms with Gasteiger partial charge in [0.15, 0.2) is 0 Å². The second kappa shape index (κ2) is 5.31. The van der Waals surface area contributed by atoms with Gasteiger partial charge >= 0.3 is 0 Å². The van der Waals surface area contributed by atoms with Crippen LogP contribution in [0, 0.1) is 5.92 Å². The topological polar surface area (TPSA) is 52.0 Å². The Morgan fingerprint density at radius 2 is 2.13 bits per heavy atom. The summed E-state index contributed by atoms with van der Waals surface area (Å²) in [6.07, 6.45) is 8.80. The van der Waals surface area contributed by atoms with E-state index < -0.39 is 0 Å². The van der Waals surface area contributed by atoms with Gasteiger partial charge in [0.1, 0.15) is 5.76 Å². The van der Waals surface area contributed by atoms with Crippen LogP contribution in [0.4, 0.5) is 0 Å². The molecule has 0 aliphatic heterocycles. The summed E-state index contributed by atoms with van der Waals surface area (Å²) < 4.78 is 5.22. The molecule has 1 heterocycles. The van der Waals surface area contributed by atoms with Crippen molar-refractivity contribution in [1.29, 1.82) is 0 Å². The lowest BCUT2D eigenvalue weighted by Gasteiger charge is -2.19. The van der Waals surface area contributed by atoms with Crippen LogP contribution >= 0.6 is 0 Å². The molecule has 0 atom stereocenters. The zero-order valence-corrected chi connectivity index (χ0v) is 9.24. The quantitative estimate of drug-likeness (QED) is 0.826. The van der Waals surface area contributed by atoms with Gasteiger partial charge in [-0.25, -0.2) is 0 Å². The van der Waals surface area contributed by atoms with Crippen LogP contribution in [-0.4, -0.2) is 11.7 Å². The van der Waals surface area contributed by atoms with Crippen molar-refractivity contribution < 1.29 is 4.52 Å². The van der Waals surface area contributed by atoms with Crippen LogP contribution in [0.1, 0.15) is 43.6 Å². The predicted molar refractivity (Wildman–Crippen MR) is 59.5 cm³/mol. The van der Waals surface area contributed by atoms with E-state index in [1.807, 2.05) is 0 Å². The Balaban J connectivity index is 1.86. The number of hydrogen-bond donors (Lipinski definition) is 1. The molecular weight excluding hydrogens is 188 g/mol. The molecule has 1 aromatic rings. The Morgan fingerprint density at radius 1 is 1.33 bits per heavy atom. The van der Waals surface area contributed by atoms with E-state index >= 15 is 0 Å². The van der Waals surface area contributed by atoms with Crippen LogP contribution in [0.25, 0.3) is 0 Å². The average Bonchev–Trinajstić information content (AvgIpc) is 2.68. The molecular formula is C12H20N2O. The van der Waals surface area contributed by atoms with E-state index in [1.165, 1.54) is 32.1 Å². The summed E-state index contributed by atoms with van der Waals surface area (Å²) in [6, 6.07) is 2.07. The number of aromatic nitrogens is 1. The van der Waals surface area contributed by atoms with Crippen molar-refractivity contribution in [1.82, 2.24) is 5.16 Å². The molecule has 0 spiro atoms. The lowest BCUT2D eigenvalue weighted by molar-refractivity contribution is 0.338. The second-order valence-corrected chi connectivity index (χ2v) is 4.53. The minimum Gasteiger partial charge on any atom is -0.361 e.